The van der Waals surface area contributed by atoms with E-state index >= 15 is 0 Å². The summed E-state index contributed by atoms with van der Waals surface area (Å²) in [4.78, 5) is 15.5. The van der Waals surface area contributed by atoms with Gasteiger partial charge in [0.25, 0.3) is 5.91 Å². The maximum absolute atomic E-state index is 13.0. The number of likely N-dealkylation sites (tertiary alicyclic amines) is 1. The van der Waals surface area contributed by atoms with Crippen LogP contribution in [0.3, 0.4) is 0 Å². The minimum Gasteiger partial charge on any atom is -0.496 e. The third-order valence-corrected chi connectivity index (χ3v) is 7.89. The molecule has 0 aliphatic carbocycles. The molecule has 7 heteroatoms. The van der Waals surface area contributed by atoms with Crippen LogP contribution in [0, 0.1) is 0 Å². The molecule has 0 unspecified atom stereocenters. The zero-order valence-electron chi connectivity index (χ0n) is 22.2. The van der Waals surface area contributed by atoms with Gasteiger partial charge in [0.15, 0.2) is 0 Å². The number of rotatable bonds is 6. The van der Waals surface area contributed by atoms with E-state index in [0.717, 1.165) is 42.8 Å². The molecule has 0 spiro atoms. The molecule has 2 aromatic rings. The Morgan fingerprint density at radius 2 is 1.63 bits per heavy atom. The van der Waals surface area contributed by atoms with E-state index in [4.69, 9.17) is 14.0 Å². The first-order valence-corrected chi connectivity index (χ1v) is 12.7. The van der Waals surface area contributed by atoms with Crippen LogP contribution >= 0.6 is 0 Å². The molecule has 2 aliphatic heterocycles. The first kappa shape index (κ1) is 25.7. The molecule has 2 heterocycles. The van der Waals surface area contributed by atoms with Crippen molar-refractivity contribution >= 4 is 24.2 Å². The molecular formula is C28H39BN2O4. The van der Waals surface area contributed by atoms with Crippen molar-refractivity contribution in [1.82, 2.24) is 4.90 Å². The number of benzene rings is 2. The lowest BCUT2D eigenvalue weighted by molar-refractivity contribution is 0.00578. The van der Waals surface area contributed by atoms with Gasteiger partial charge in [0.05, 0.1) is 18.3 Å². The van der Waals surface area contributed by atoms with Crippen LogP contribution in [0.25, 0.3) is 0 Å². The minimum atomic E-state index is -0.441. The average molecular weight is 478 g/mol. The van der Waals surface area contributed by atoms with Crippen molar-refractivity contribution in [3.8, 4) is 5.75 Å². The van der Waals surface area contributed by atoms with Crippen LogP contribution < -0.4 is 15.5 Å². The summed E-state index contributed by atoms with van der Waals surface area (Å²) in [7, 11) is 1.27. The third-order valence-electron chi connectivity index (χ3n) is 7.89. The number of carbonyl (C=O) groups is 1. The number of piperidine rings is 1. The van der Waals surface area contributed by atoms with Crippen LogP contribution in [-0.4, -0.2) is 55.4 Å². The van der Waals surface area contributed by atoms with Crippen LogP contribution in [0.15, 0.2) is 42.5 Å². The Morgan fingerprint density at radius 3 is 2.17 bits per heavy atom. The Bertz CT molecular complexity index is 1030. The van der Waals surface area contributed by atoms with Gasteiger partial charge in [0, 0.05) is 17.3 Å². The van der Waals surface area contributed by atoms with Gasteiger partial charge in [-0.05, 0) is 115 Å². The molecule has 2 aromatic carbocycles. The Hall–Kier alpha value is -2.35. The van der Waals surface area contributed by atoms with E-state index in [1.165, 1.54) is 5.56 Å². The predicted octanol–water partition coefficient (Wildman–Crippen LogP) is 4.83. The highest BCUT2D eigenvalue weighted by atomic mass is 16.7. The van der Waals surface area contributed by atoms with Crippen molar-refractivity contribution in [2.45, 2.75) is 77.5 Å². The summed E-state index contributed by atoms with van der Waals surface area (Å²) in [5.74, 6) is 1.17. The van der Waals surface area contributed by atoms with Gasteiger partial charge in [-0.25, -0.2) is 0 Å². The Morgan fingerprint density at radius 1 is 1.03 bits per heavy atom. The molecule has 2 aliphatic rings. The van der Waals surface area contributed by atoms with Gasteiger partial charge < -0.3 is 24.3 Å². The number of anilines is 1. The zero-order valence-corrected chi connectivity index (χ0v) is 22.2. The molecule has 2 fully saturated rings. The fraction of sp³-hybridized carbons (Fsp3) is 0.536. The fourth-order valence-electron chi connectivity index (χ4n) is 4.83. The van der Waals surface area contributed by atoms with E-state index in [0.29, 0.717) is 17.5 Å². The number of hydrogen-bond acceptors (Lipinski definition) is 5. The molecule has 0 bridgehead atoms. The smallest absolute Gasteiger partial charge is 0.494 e. The quantitative estimate of drug-likeness (QED) is 0.603. The normalized spacial score (nSPS) is 20.3. The lowest BCUT2D eigenvalue weighted by Gasteiger charge is -2.35. The second kappa shape index (κ2) is 9.96. The second-order valence-corrected chi connectivity index (χ2v) is 11.0. The number of carbonyl (C=O) groups excluding carboxylic acids is 1. The number of nitrogens with zero attached hydrogens (tertiary/aromatic N) is 1. The standard InChI is InChI=1S/C28H39BN2O4/c1-19(2)31-16-14-20(15-17-31)24-18-23(12-13-25(24)33-7)30-26(32)21-8-10-22(11-9-21)29-34-27(3,4)28(5,6)35-29/h8-13,18-20H,14-17H2,1-7H3,(H,30,32). The second-order valence-electron chi connectivity index (χ2n) is 11.0. The lowest BCUT2D eigenvalue weighted by Crippen LogP contribution is -2.41. The molecule has 2 saturated heterocycles. The Kier molecular flexibility index (Phi) is 7.32. The summed E-state index contributed by atoms with van der Waals surface area (Å²) in [6.45, 7) is 14.8. The van der Waals surface area contributed by atoms with Crippen molar-refractivity contribution in [2.24, 2.45) is 0 Å². The van der Waals surface area contributed by atoms with E-state index in [1.807, 2.05) is 64.1 Å². The summed E-state index contributed by atoms with van der Waals surface area (Å²) >= 11 is 0. The van der Waals surface area contributed by atoms with Crippen molar-refractivity contribution in [1.29, 1.82) is 0 Å². The topological polar surface area (TPSA) is 60.0 Å². The molecule has 0 radical (unpaired) electrons. The first-order valence-electron chi connectivity index (χ1n) is 12.7. The van der Waals surface area contributed by atoms with E-state index in [2.05, 4.69) is 30.1 Å². The molecular weight excluding hydrogens is 439 g/mol. The monoisotopic (exact) mass is 478 g/mol. The highest BCUT2D eigenvalue weighted by molar-refractivity contribution is 6.62. The summed E-state index contributed by atoms with van der Waals surface area (Å²) in [6, 6.07) is 14.0. The SMILES string of the molecule is COc1ccc(NC(=O)c2ccc(B3OC(C)(C)C(C)(C)O3)cc2)cc1C1CCN(C(C)C)CC1. The largest absolute Gasteiger partial charge is 0.496 e. The van der Waals surface area contributed by atoms with Gasteiger partial charge in [-0.3, -0.25) is 4.79 Å². The highest BCUT2D eigenvalue weighted by Gasteiger charge is 2.51. The van der Waals surface area contributed by atoms with Gasteiger partial charge in [0.2, 0.25) is 0 Å². The van der Waals surface area contributed by atoms with Crippen molar-refractivity contribution in [2.75, 3.05) is 25.5 Å². The van der Waals surface area contributed by atoms with E-state index in [1.54, 1.807) is 7.11 Å². The average Bonchev–Trinajstić information content (AvgIpc) is 3.05. The van der Waals surface area contributed by atoms with Gasteiger partial charge in [-0.15, -0.1) is 0 Å². The Labute approximate surface area is 210 Å². The molecule has 1 N–H and O–H groups in total. The van der Waals surface area contributed by atoms with Crippen LogP contribution in [0.4, 0.5) is 5.69 Å². The molecule has 1 amide bonds. The van der Waals surface area contributed by atoms with Crippen molar-refractivity contribution in [3.05, 3.63) is 53.6 Å². The number of ether oxygens (including phenoxy) is 1. The van der Waals surface area contributed by atoms with Gasteiger partial charge in [-0.2, -0.15) is 0 Å². The highest BCUT2D eigenvalue weighted by Crippen LogP contribution is 2.37. The van der Waals surface area contributed by atoms with Crippen molar-refractivity contribution in [3.63, 3.8) is 0 Å². The summed E-state index contributed by atoms with van der Waals surface area (Å²) < 4.78 is 17.9. The number of amides is 1. The number of nitrogens with one attached hydrogen (secondary N) is 1. The maximum Gasteiger partial charge on any atom is 0.494 e. The summed E-state index contributed by atoms with van der Waals surface area (Å²) in [6.07, 6.45) is 2.18. The zero-order chi connectivity index (χ0) is 25.4. The number of hydrogen-bond donors (Lipinski definition) is 1. The van der Waals surface area contributed by atoms with E-state index in [9.17, 15) is 4.79 Å². The molecule has 4 rings (SSSR count). The number of methoxy groups -OCH3 is 1. The summed E-state index contributed by atoms with van der Waals surface area (Å²) in [5.41, 5.74) is 2.65. The molecule has 35 heavy (non-hydrogen) atoms. The van der Waals surface area contributed by atoms with Crippen LogP contribution in [-0.2, 0) is 9.31 Å². The fourth-order valence-corrected chi connectivity index (χ4v) is 4.83. The van der Waals surface area contributed by atoms with Crippen LogP contribution in [0.2, 0.25) is 0 Å². The van der Waals surface area contributed by atoms with E-state index < -0.39 is 18.3 Å². The molecule has 0 aromatic heterocycles. The predicted molar refractivity (Wildman–Crippen MR) is 142 cm³/mol. The molecule has 188 valence electrons. The van der Waals surface area contributed by atoms with Crippen LogP contribution in [0.1, 0.15) is 76.2 Å². The van der Waals surface area contributed by atoms with E-state index in [-0.39, 0.29) is 5.91 Å². The van der Waals surface area contributed by atoms with Crippen LogP contribution in [0.5, 0.6) is 5.75 Å². The molecule has 0 saturated carbocycles. The van der Waals surface area contributed by atoms with Gasteiger partial charge >= 0.3 is 7.12 Å². The minimum absolute atomic E-state index is 0.142. The third kappa shape index (κ3) is 5.42. The maximum atomic E-state index is 13.0. The Balaban J connectivity index is 1.44. The lowest BCUT2D eigenvalue weighted by atomic mass is 9.79. The van der Waals surface area contributed by atoms with Gasteiger partial charge in [-0.1, -0.05) is 12.1 Å². The van der Waals surface area contributed by atoms with Gasteiger partial charge in [0.1, 0.15) is 5.75 Å². The molecule has 0 atom stereocenters. The van der Waals surface area contributed by atoms with Crippen molar-refractivity contribution < 1.29 is 18.8 Å². The first-order chi connectivity index (χ1) is 16.5. The summed E-state index contributed by atoms with van der Waals surface area (Å²) in [5, 5.41) is 3.06. The molecule has 6 nitrogen and oxygen atoms in total.